The molecule has 1 aliphatic heterocycles. The van der Waals surface area contributed by atoms with Gasteiger partial charge in [0.1, 0.15) is 0 Å². The van der Waals surface area contributed by atoms with Crippen LogP contribution in [0.3, 0.4) is 0 Å². The molecule has 1 aromatic carbocycles. The summed E-state index contributed by atoms with van der Waals surface area (Å²) in [5.74, 6) is -0.248. The quantitative estimate of drug-likeness (QED) is 0.519. The largest absolute Gasteiger partial charge is 0.461 e. The molecule has 1 unspecified atom stereocenters. The average Bonchev–Trinajstić information content (AvgIpc) is 3.00. The van der Waals surface area contributed by atoms with Gasteiger partial charge in [0.05, 0.1) is 6.26 Å². The van der Waals surface area contributed by atoms with E-state index in [0.29, 0.717) is 6.29 Å². The number of hydrogen-bond donors (Lipinski definition) is 1. The molecule has 3 rings (SSSR count). The van der Waals surface area contributed by atoms with E-state index < -0.39 is 11.3 Å². The van der Waals surface area contributed by atoms with Crippen LogP contribution in [-0.2, 0) is 4.79 Å². The maximum absolute atomic E-state index is 12.4. The first-order valence-corrected chi connectivity index (χ1v) is 5.86. The van der Waals surface area contributed by atoms with Crippen molar-refractivity contribution < 1.29 is 14.0 Å². The molecule has 1 N–H and O–H groups in total. The SMILES string of the molecule is O=CC1(C(=O)c2ccco2)C=Cc2ccccc2N1. The van der Waals surface area contributed by atoms with Gasteiger partial charge in [-0.3, -0.25) is 9.59 Å². The van der Waals surface area contributed by atoms with Gasteiger partial charge in [0.15, 0.2) is 17.6 Å². The summed E-state index contributed by atoms with van der Waals surface area (Å²) in [7, 11) is 0. The smallest absolute Gasteiger partial charge is 0.234 e. The number of ketones is 1. The van der Waals surface area contributed by atoms with Crippen molar-refractivity contribution in [2.75, 3.05) is 5.32 Å². The number of carbonyl (C=O) groups is 2. The van der Waals surface area contributed by atoms with Crippen LogP contribution in [0.2, 0.25) is 0 Å². The Balaban J connectivity index is 2.04. The van der Waals surface area contributed by atoms with Gasteiger partial charge in [0.2, 0.25) is 5.78 Å². The van der Waals surface area contributed by atoms with Crippen molar-refractivity contribution in [2.24, 2.45) is 0 Å². The van der Waals surface area contributed by atoms with Crippen molar-refractivity contribution in [1.82, 2.24) is 0 Å². The third-order valence-corrected chi connectivity index (χ3v) is 3.13. The van der Waals surface area contributed by atoms with Crippen LogP contribution in [0.25, 0.3) is 6.08 Å². The van der Waals surface area contributed by atoms with Gasteiger partial charge in [-0.15, -0.1) is 0 Å². The van der Waals surface area contributed by atoms with Gasteiger partial charge in [0.25, 0.3) is 0 Å². The Morgan fingerprint density at radius 2 is 2.05 bits per heavy atom. The van der Waals surface area contributed by atoms with Gasteiger partial charge >= 0.3 is 0 Å². The highest BCUT2D eigenvalue weighted by molar-refractivity contribution is 6.16. The first-order valence-electron chi connectivity index (χ1n) is 5.86. The lowest BCUT2D eigenvalue weighted by Crippen LogP contribution is -2.47. The minimum atomic E-state index is -1.40. The molecule has 4 nitrogen and oxygen atoms in total. The Kier molecular flexibility index (Phi) is 2.56. The van der Waals surface area contributed by atoms with Crippen LogP contribution in [0.15, 0.2) is 53.2 Å². The molecule has 94 valence electrons. The summed E-state index contributed by atoms with van der Waals surface area (Å²) < 4.78 is 5.08. The topological polar surface area (TPSA) is 59.3 Å². The predicted molar refractivity (Wildman–Crippen MR) is 70.9 cm³/mol. The number of furan rings is 1. The number of rotatable bonds is 3. The summed E-state index contributed by atoms with van der Waals surface area (Å²) in [5, 5.41) is 2.98. The molecule has 0 radical (unpaired) electrons. The number of nitrogens with one attached hydrogen (secondary N) is 1. The summed E-state index contributed by atoms with van der Waals surface area (Å²) >= 11 is 0. The van der Waals surface area contributed by atoms with Crippen LogP contribution in [-0.4, -0.2) is 17.6 Å². The highest BCUT2D eigenvalue weighted by Gasteiger charge is 2.39. The number of para-hydroxylation sites is 1. The molecule has 0 spiro atoms. The van der Waals surface area contributed by atoms with Crippen LogP contribution >= 0.6 is 0 Å². The number of Topliss-reactive ketones (excluding diaryl/α,β-unsaturated/α-hetero) is 1. The second kappa shape index (κ2) is 4.24. The predicted octanol–water partition coefficient (Wildman–Crippen LogP) is 2.54. The molecule has 0 bridgehead atoms. The van der Waals surface area contributed by atoms with Crippen molar-refractivity contribution in [3.8, 4) is 0 Å². The fourth-order valence-corrected chi connectivity index (χ4v) is 2.11. The molecule has 2 heterocycles. The number of benzene rings is 1. The molecule has 1 atom stereocenters. The highest BCUT2D eigenvalue weighted by atomic mass is 16.3. The number of fused-ring (bicyclic) bond motifs is 1. The van der Waals surface area contributed by atoms with Crippen LogP contribution in [0.4, 0.5) is 5.69 Å². The third kappa shape index (κ3) is 1.78. The van der Waals surface area contributed by atoms with E-state index in [2.05, 4.69) is 5.32 Å². The normalized spacial score (nSPS) is 20.4. The number of aldehydes is 1. The van der Waals surface area contributed by atoms with Gasteiger partial charge in [-0.25, -0.2) is 0 Å². The second-order valence-corrected chi connectivity index (χ2v) is 4.34. The summed E-state index contributed by atoms with van der Waals surface area (Å²) in [6.07, 6.45) is 5.34. The lowest BCUT2D eigenvalue weighted by molar-refractivity contribution is -0.109. The second-order valence-electron chi connectivity index (χ2n) is 4.34. The summed E-state index contributed by atoms with van der Waals surface area (Å²) in [4.78, 5) is 23.8. The molecular formula is C15H11NO3. The third-order valence-electron chi connectivity index (χ3n) is 3.13. The fourth-order valence-electron chi connectivity index (χ4n) is 2.11. The minimum absolute atomic E-state index is 0.156. The summed E-state index contributed by atoms with van der Waals surface area (Å²) in [6, 6.07) is 10.6. The standard InChI is InChI=1S/C15H11NO3/c17-10-15(14(18)13-6-3-9-19-13)8-7-11-4-1-2-5-12(11)16-15/h1-10,16H. The molecule has 1 aromatic heterocycles. The lowest BCUT2D eigenvalue weighted by atomic mass is 9.89. The number of hydrogen-bond acceptors (Lipinski definition) is 4. The van der Waals surface area contributed by atoms with E-state index in [1.165, 1.54) is 6.26 Å². The summed E-state index contributed by atoms with van der Waals surface area (Å²) in [5.41, 5.74) is 0.288. The average molecular weight is 253 g/mol. The molecule has 0 fully saturated rings. The van der Waals surface area contributed by atoms with Crippen molar-refractivity contribution in [3.63, 3.8) is 0 Å². The van der Waals surface area contributed by atoms with Gasteiger partial charge in [-0.1, -0.05) is 24.3 Å². The molecule has 19 heavy (non-hydrogen) atoms. The maximum Gasteiger partial charge on any atom is 0.234 e. The lowest BCUT2D eigenvalue weighted by Gasteiger charge is -2.29. The minimum Gasteiger partial charge on any atom is -0.461 e. The number of anilines is 1. The van der Waals surface area contributed by atoms with Gasteiger partial charge in [0, 0.05) is 5.69 Å². The Hall–Kier alpha value is -2.62. The van der Waals surface area contributed by atoms with Crippen molar-refractivity contribution in [1.29, 1.82) is 0 Å². The Labute approximate surface area is 109 Å². The first kappa shape index (κ1) is 11.5. The molecule has 1 aliphatic rings. The summed E-state index contributed by atoms with van der Waals surface area (Å²) in [6.45, 7) is 0. The Bertz CT molecular complexity index is 658. The molecular weight excluding hydrogens is 242 g/mol. The van der Waals surface area contributed by atoms with Gasteiger partial charge < -0.3 is 9.73 Å². The molecule has 0 saturated heterocycles. The Morgan fingerprint density at radius 3 is 2.79 bits per heavy atom. The maximum atomic E-state index is 12.4. The van der Waals surface area contributed by atoms with E-state index in [9.17, 15) is 9.59 Å². The first-order chi connectivity index (χ1) is 9.25. The molecule has 4 heteroatoms. The monoisotopic (exact) mass is 253 g/mol. The zero-order valence-electron chi connectivity index (χ0n) is 10.00. The van der Waals surface area contributed by atoms with E-state index in [4.69, 9.17) is 4.42 Å². The fraction of sp³-hybridized carbons (Fsp3) is 0.0667. The van der Waals surface area contributed by atoms with E-state index in [-0.39, 0.29) is 5.76 Å². The van der Waals surface area contributed by atoms with Crippen molar-refractivity contribution >= 4 is 23.8 Å². The van der Waals surface area contributed by atoms with Gasteiger partial charge in [-0.05, 0) is 29.8 Å². The van der Waals surface area contributed by atoms with E-state index in [0.717, 1.165) is 11.3 Å². The zero-order valence-corrected chi connectivity index (χ0v) is 10.00. The van der Waals surface area contributed by atoms with Crippen molar-refractivity contribution in [3.05, 3.63) is 60.1 Å². The van der Waals surface area contributed by atoms with Gasteiger partial charge in [-0.2, -0.15) is 0 Å². The molecule has 0 aliphatic carbocycles. The zero-order chi connectivity index (χ0) is 13.3. The van der Waals surface area contributed by atoms with Crippen LogP contribution in [0.1, 0.15) is 16.1 Å². The molecule has 0 saturated carbocycles. The van der Waals surface area contributed by atoms with Crippen LogP contribution in [0, 0.1) is 0 Å². The Morgan fingerprint density at radius 1 is 1.21 bits per heavy atom. The van der Waals surface area contributed by atoms with Crippen LogP contribution < -0.4 is 5.32 Å². The van der Waals surface area contributed by atoms with E-state index >= 15 is 0 Å². The molecule has 2 aromatic rings. The number of carbonyl (C=O) groups excluding carboxylic acids is 2. The molecule has 0 amide bonds. The highest BCUT2D eigenvalue weighted by Crippen LogP contribution is 2.29. The van der Waals surface area contributed by atoms with E-state index in [1.807, 2.05) is 24.3 Å². The van der Waals surface area contributed by atoms with Crippen molar-refractivity contribution in [2.45, 2.75) is 5.54 Å². The van der Waals surface area contributed by atoms with E-state index in [1.54, 1.807) is 24.3 Å². The van der Waals surface area contributed by atoms with Crippen LogP contribution in [0.5, 0.6) is 0 Å².